The fraction of sp³-hybridized carbons (Fsp3) is 0.300. The Labute approximate surface area is 147 Å². The number of nitrogens with one attached hydrogen (secondary N) is 2. The van der Waals surface area contributed by atoms with Crippen molar-refractivity contribution in [3.63, 3.8) is 0 Å². The van der Waals surface area contributed by atoms with Crippen molar-refractivity contribution < 1.29 is 14.0 Å². The van der Waals surface area contributed by atoms with Gasteiger partial charge in [-0.25, -0.2) is 4.39 Å². The van der Waals surface area contributed by atoms with E-state index in [1.165, 1.54) is 24.3 Å². The lowest BCUT2D eigenvalue weighted by atomic mass is 10.0. The molecule has 0 aromatic heterocycles. The van der Waals surface area contributed by atoms with E-state index in [0.29, 0.717) is 11.3 Å². The lowest BCUT2D eigenvalue weighted by Crippen LogP contribution is -2.47. The molecule has 2 amide bonds. The second-order valence-corrected chi connectivity index (χ2v) is 6.49. The van der Waals surface area contributed by atoms with Gasteiger partial charge in [0.25, 0.3) is 5.91 Å². The first-order valence-corrected chi connectivity index (χ1v) is 8.22. The normalized spacial score (nSPS) is 11.9. The molecule has 0 spiro atoms. The van der Waals surface area contributed by atoms with E-state index < -0.39 is 17.8 Å². The molecule has 0 heterocycles. The fourth-order valence-electron chi connectivity index (χ4n) is 2.40. The van der Waals surface area contributed by atoms with E-state index in [0.717, 1.165) is 11.1 Å². The molecule has 0 aliphatic rings. The van der Waals surface area contributed by atoms with Crippen LogP contribution < -0.4 is 10.6 Å². The SMILES string of the molecule is Cc1ccc(NC(=O)C(NC(=O)c2ccc(F)cc2)C(C)C)cc1C. The number of halogens is 1. The Balaban J connectivity index is 2.11. The first-order valence-electron chi connectivity index (χ1n) is 8.22. The van der Waals surface area contributed by atoms with Crippen molar-refractivity contribution in [2.75, 3.05) is 5.32 Å². The van der Waals surface area contributed by atoms with E-state index in [4.69, 9.17) is 0 Å². The molecular formula is C20H23FN2O2. The third-order valence-corrected chi connectivity index (χ3v) is 4.12. The molecular weight excluding hydrogens is 319 g/mol. The third kappa shape index (κ3) is 4.89. The smallest absolute Gasteiger partial charge is 0.251 e. The molecule has 1 atom stereocenters. The van der Waals surface area contributed by atoms with Crippen LogP contribution in [-0.4, -0.2) is 17.9 Å². The van der Waals surface area contributed by atoms with Gasteiger partial charge >= 0.3 is 0 Å². The Bertz CT molecular complexity index is 770. The number of amides is 2. The van der Waals surface area contributed by atoms with Crippen LogP contribution in [0.4, 0.5) is 10.1 Å². The molecule has 0 fully saturated rings. The predicted octanol–water partition coefficient (Wildman–Crippen LogP) is 3.84. The molecule has 2 N–H and O–H groups in total. The summed E-state index contributed by atoms with van der Waals surface area (Å²) in [5.41, 5.74) is 3.22. The van der Waals surface area contributed by atoms with Crippen LogP contribution >= 0.6 is 0 Å². The van der Waals surface area contributed by atoms with Gasteiger partial charge < -0.3 is 10.6 Å². The minimum Gasteiger partial charge on any atom is -0.340 e. The first kappa shape index (κ1) is 18.6. The van der Waals surface area contributed by atoms with Crippen molar-refractivity contribution in [3.8, 4) is 0 Å². The molecule has 0 aliphatic heterocycles. The van der Waals surface area contributed by atoms with Gasteiger partial charge in [0.1, 0.15) is 11.9 Å². The van der Waals surface area contributed by atoms with Crippen LogP contribution in [0.5, 0.6) is 0 Å². The molecule has 4 nitrogen and oxygen atoms in total. The molecule has 2 rings (SSSR count). The van der Waals surface area contributed by atoms with Crippen LogP contribution in [0.25, 0.3) is 0 Å². The molecule has 2 aromatic rings. The van der Waals surface area contributed by atoms with Gasteiger partial charge in [0.15, 0.2) is 0 Å². The summed E-state index contributed by atoms with van der Waals surface area (Å²) in [5, 5.41) is 5.57. The van der Waals surface area contributed by atoms with E-state index in [-0.39, 0.29) is 11.8 Å². The van der Waals surface area contributed by atoms with E-state index in [1.807, 2.05) is 45.9 Å². The van der Waals surface area contributed by atoms with Crippen molar-refractivity contribution in [3.05, 3.63) is 65.0 Å². The maximum atomic E-state index is 13.0. The van der Waals surface area contributed by atoms with Gasteiger partial charge in [-0.2, -0.15) is 0 Å². The van der Waals surface area contributed by atoms with E-state index in [9.17, 15) is 14.0 Å². The van der Waals surface area contributed by atoms with Gasteiger partial charge in [-0.05, 0) is 67.3 Å². The van der Waals surface area contributed by atoms with Gasteiger partial charge in [0, 0.05) is 11.3 Å². The Morgan fingerprint density at radius 3 is 2.16 bits per heavy atom. The topological polar surface area (TPSA) is 58.2 Å². The highest BCUT2D eigenvalue weighted by atomic mass is 19.1. The zero-order valence-corrected chi connectivity index (χ0v) is 14.9. The lowest BCUT2D eigenvalue weighted by molar-refractivity contribution is -0.118. The number of hydrogen-bond acceptors (Lipinski definition) is 2. The quantitative estimate of drug-likeness (QED) is 0.867. The predicted molar refractivity (Wildman–Crippen MR) is 97.0 cm³/mol. The fourth-order valence-corrected chi connectivity index (χ4v) is 2.40. The zero-order chi connectivity index (χ0) is 18.6. The van der Waals surface area contributed by atoms with Crippen molar-refractivity contribution >= 4 is 17.5 Å². The maximum Gasteiger partial charge on any atom is 0.251 e. The molecule has 0 aliphatic carbocycles. The van der Waals surface area contributed by atoms with Gasteiger partial charge in [-0.3, -0.25) is 9.59 Å². The average molecular weight is 342 g/mol. The largest absolute Gasteiger partial charge is 0.340 e. The average Bonchev–Trinajstić information content (AvgIpc) is 2.56. The van der Waals surface area contributed by atoms with E-state index >= 15 is 0 Å². The second kappa shape index (κ2) is 7.92. The van der Waals surface area contributed by atoms with Gasteiger partial charge in [-0.15, -0.1) is 0 Å². The van der Waals surface area contributed by atoms with Crippen LogP contribution in [0.15, 0.2) is 42.5 Å². The number of rotatable bonds is 5. The summed E-state index contributed by atoms with van der Waals surface area (Å²) in [6.07, 6.45) is 0. The van der Waals surface area contributed by atoms with Gasteiger partial charge in [-0.1, -0.05) is 19.9 Å². The third-order valence-electron chi connectivity index (χ3n) is 4.12. The summed E-state index contributed by atoms with van der Waals surface area (Å²) in [6, 6.07) is 10.2. The zero-order valence-electron chi connectivity index (χ0n) is 14.9. The lowest BCUT2D eigenvalue weighted by Gasteiger charge is -2.22. The number of aryl methyl sites for hydroxylation is 2. The van der Waals surface area contributed by atoms with Crippen LogP contribution in [0, 0.1) is 25.6 Å². The van der Waals surface area contributed by atoms with Crippen LogP contribution in [0.1, 0.15) is 35.3 Å². The molecule has 25 heavy (non-hydrogen) atoms. The second-order valence-electron chi connectivity index (χ2n) is 6.49. The summed E-state index contributed by atoms with van der Waals surface area (Å²) in [4.78, 5) is 24.9. The monoisotopic (exact) mass is 342 g/mol. The summed E-state index contributed by atoms with van der Waals surface area (Å²) >= 11 is 0. The van der Waals surface area contributed by atoms with Crippen molar-refractivity contribution in [1.82, 2.24) is 5.32 Å². The molecule has 0 radical (unpaired) electrons. The molecule has 1 unspecified atom stereocenters. The Morgan fingerprint density at radius 2 is 1.60 bits per heavy atom. The van der Waals surface area contributed by atoms with Crippen molar-refractivity contribution in [2.24, 2.45) is 5.92 Å². The molecule has 0 saturated heterocycles. The van der Waals surface area contributed by atoms with Gasteiger partial charge in [0.05, 0.1) is 0 Å². The van der Waals surface area contributed by atoms with Crippen molar-refractivity contribution in [1.29, 1.82) is 0 Å². The Kier molecular flexibility index (Phi) is 5.91. The Hall–Kier alpha value is -2.69. The minimum absolute atomic E-state index is 0.101. The molecule has 132 valence electrons. The highest BCUT2D eigenvalue weighted by molar-refractivity contribution is 6.01. The number of carbonyl (C=O) groups excluding carboxylic acids is 2. The van der Waals surface area contributed by atoms with Crippen LogP contribution in [0.2, 0.25) is 0 Å². The summed E-state index contributed by atoms with van der Waals surface area (Å²) in [5.74, 6) is -1.21. The van der Waals surface area contributed by atoms with Gasteiger partial charge in [0.2, 0.25) is 5.91 Å². The first-order chi connectivity index (χ1) is 11.8. The molecule has 0 saturated carbocycles. The van der Waals surface area contributed by atoms with E-state index in [2.05, 4.69) is 10.6 Å². The van der Waals surface area contributed by atoms with Crippen LogP contribution in [-0.2, 0) is 4.79 Å². The Morgan fingerprint density at radius 1 is 0.960 bits per heavy atom. The number of benzene rings is 2. The standard InChI is InChI=1S/C20H23FN2O2/c1-12(2)18(23-19(24)15-6-8-16(21)9-7-15)20(25)22-17-10-5-13(3)14(4)11-17/h5-12,18H,1-4H3,(H,22,25)(H,23,24). The molecule has 5 heteroatoms. The summed E-state index contributed by atoms with van der Waals surface area (Å²) < 4.78 is 13.0. The maximum absolute atomic E-state index is 13.0. The molecule has 2 aromatic carbocycles. The van der Waals surface area contributed by atoms with Crippen LogP contribution in [0.3, 0.4) is 0 Å². The number of hydrogen-bond donors (Lipinski definition) is 2. The number of carbonyl (C=O) groups is 2. The highest BCUT2D eigenvalue weighted by Gasteiger charge is 2.24. The number of anilines is 1. The van der Waals surface area contributed by atoms with E-state index in [1.54, 1.807) is 0 Å². The summed E-state index contributed by atoms with van der Waals surface area (Å²) in [6.45, 7) is 7.69. The minimum atomic E-state index is -0.695. The highest BCUT2D eigenvalue weighted by Crippen LogP contribution is 2.15. The molecule has 0 bridgehead atoms. The summed E-state index contributed by atoms with van der Waals surface area (Å²) in [7, 11) is 0. The van der Waals surface area contributed by atoms with Crippen molar-refractivity contribution in [2.45, 2.75) is 33.7 Å².